The second-order valence-electron chi connectivity index (χ2n) is 7.44. The Morgan fingerprint density at radius 2 is 2.16 bits per heavy atom. The van der Waals surface area contributed by atoms with Gasteiger partial charge < -0.3 is 13.8 Å². The molecule has 0 aromatic carbocycles. The molecule has 0 aliphatic carbocycles. The van der Waals surface area contributed by atoms with E-state index >= 15 is 4.39 Å². The first-order valence-corrected chi connectivity index (χ1v) is 13.0. The highest BCUT2D eigenvalue weighted by molar-refractivity contribution is 7.48. The van der Waals surface area contributed by atoms with Crippen LogP contribution in [0.5, 0.6) is 0 Å². The number of ether oxygens (including phenoxy) is 1. The molecule has 0 saturated carbocycles. The molecule has 1 aliphatic heterocycles. The minimum Gasteiger partial charge on any atom is -0.348 e. The highest BCUT2D eigenvalue weighted by Gasteiger charge is 2.49. The van der Waals surface area contributed by atoms with Crippen LogP contribution in [-0.4, -0.2) is 53.0 Å². The number of H-pyrrole nitrogens is 1. The van der Waals surface area contributed by atoms with E-state index in [0.717, 1.165) is 4.57 Å². The van der Waals surface area contributed by atoms with E-state index < -0.39 is 52.3 Å². The Morgan fingerprint density at radius 1 is 1.44 bits per heavy atom. The van der Waals surface area contributed by atoms with Gasteiger partial charge in [0.25, 0.3) is 5.56 Å². The van der Waals surface area contributed by atoms with Crippen molar-refractivity contribution in [3.05, 3.63) is 32.6 Å². The Kier molecular flexibility index (Phi) is 10.6. The van der Waals surface area contributed by atoms with E-state index in [1.807, 2.05) is 19.9 Å². The molecule has 1 aromatic heterocycles. The van der Waals surface area contributed by atoms with Crippen molar-refractivity contribution in [1.82, 2.24) is 9.55 Å². The molecule has 1 aromatic rings. The van der Waals surface area contributed by atoms with E-state index in [2.05, 4.69) is 4.98 Å². The van der Waals surface area contributed by atoms with Crippen LogP contribution < -0.4 is 11.2 Å². The lowest BCUT2D eigenvalue weighted by Gasteiger charge is -2.27. The maximum Gasteiger partial charge on any atom is 0.508 e. The van der Waals surface area contributed by atoms with Crippen LogP contribution in [0.3, 0.4) is 0 Å². The molecule has 1 N–H and O–H groups in total. The monoisotopic (exact) mass is 492 g/mol. The van der Waals surface area contributed by atoms with Crippen LogP contribution in [-0.2, 0) is 22.9 Å². The molecule has 2 rings (SSSR count). The topological polar surface area (TPSA) is 133 Å². The number of rotatable bonds is 12. The fourth-order valence-corrected chi connectivity index (χ4v) is 5.34. The number of nitrogens with zero attached hydrogens (tertiary/aromatic N) is 2. The number of halogens is 1. The molecule has 0 radical (unpaired) electrons. The molecule has 2 heterocycles. The molecule has 1 saturated heterocycles. The third kappa shape index (κ3) is 6.98. The smallest absolute Gasteiger partial charge is 0.348 e. The highest BCUT2D eigenvalue weighted by Crippen LogP contribution is 2.49. The summed E-state index contributed by atoms with van der Waals surface area (Å²) in [5, 5.41) is 8.74. The van der Waals surface area contributed by atoms with Gasteiger partial charge in [0.1, 0.15) is 6.10 Å². The highest BCUT2D eigenvalue weighted by atomic mass is 31.2. The molecule has 32 heavy (non-hydrogen) atoms. The first-order chi connectivity index (χ1) is 15.2. The van der Waals surface area contributed by atoms with Gasteiger partial charge in [-0.15, -0.1) is 4.52 Å². The van der Waals surface area contributed by atoms with Crippen molar-refractivity contribution in [3.8, 4) is 6.07 Å². The fraction of sp³-hybridized carbons (Fsp3) is 0.737. The lowest BCUT2D eigenvalue weighted by molar-refractivity contribution is -0.0266. The Morgan fingerprint density at radius 3 is 2.78 bits per heavy atom. The minimum atomic E-state index is -1.94. The van der Waals surface area contributed by atoms with Gasteiger partial charge in [-0.25, -0.2) is 9.18 Å². The van der Waals surface area contributed by atoms with Crippen molar-refractivity contribution < 1.29 is 27.3 Å². The third-order valence-electron chi connectivity index (χ3n) is 4.64. The summed E-state index contributed by atoms with van der Waals surface area (Å²) < 4.78 is 51.1. The summed E-state index contributed by atoms with van der Waals surface area (Å²) in [6.07, 6.45) is -3.29. The molecular formula is C19H29FN3O7P2+. The fourth-order valence-electron chi connectivity index (χ4n) is 3.10. The average Bonchev–Trinajstić information content (AvgIpc) is 3.04. The summed E-state index contributed by atoms with van der Waals surface area (Å²) in [5.74, 6) is 0. The number of hydrogen-bond donors (Lipinski definition) is 1. The van der Waals surface area contributed by atoms with Gasteiger partial charge in [-0.2, -0.15) is 5.26 Å². The zero-order chi connectivity index (χ0) is 23.8. The van der Waals surface area contributed by atoms with E-state index in [0.29, 0.717) is 0 Å². The van der Waals surface area contributed by atoms with Gasteiger partial charge >= 0.3 is 13.7 Å². The molecule has 0 amide bonds. The molecule has 1 aliphatic rings. The molecule has 178 valence electrons. The summed E-state index contributed by atoms with van der Waals surface area (Å²) >= 11 is 0. The Hall–Kier alpha value is -1.53. The average molecular weight is 492 g/mol. The van der Waals surface area contributed by atoms with Crippen molar-refractivity contribution in [2.24, 2.45) is 0 Å². The number of alkyl halides is 1. The summed E-state index contributed by atoms with van der Waals surface area (Å²) in [4.78, 5) is 26.1. The second-order valence-corrected chi connectivity index (χ2v) is 10.9. The largest absolute Gasteiger partial charge is 0.508 e. The number of hydrogen-bond acceptors (Lipinski definition) is 8. The zero-order valence-corrected chi connectivity index (χ0v) is 20.3. The third-order valence-corrected chi connectivity index (χ3v) is 7.54. The van der Waals surface area contributed by atoms with Gasteiger partial charge in [-0.3, -0.25) is 14.3 Å². The van der Waals surface area contributed by atoms with Crippen molar-refractivity contribution in [2.45, 2.75) is 70.8 Å². The van der Waals surface area contributed by atoms with Crippen LogP contribution >= 0.6 is 16.4 Å². The Labute approximate surface area is 187 Å². The van der Waals surface area contributed by atoms with Crippen molar-refractivity contribution in [2.75, 3.05) is 19.4 Å². The van der Waals surface area contributed by atoms with Crippen molar-refractivity contribution in [1.29, 1.82) is 5.26 Å². The first kappa shape index (κ1) is 26.7. The van der Waals surface area contributed by atoms with E-state index in [9.17, 15) is 14.2 Å². The summed E-state index contributed by atoms with van der Waals surface area (Å²) in [5.41, 5.74) is -1.23. The quantitative estimate of drug-likeness (QED) is 0.347. The van der Waals surface area contributed by atoms with Gasteiger partial charge in [0.15, 0.2) is 26.9 Å². The summed E-state index contributed by atoms with van der Waals surface area (Å²) in [7, 11) is -3.50. The molecule has 10 nitrogen and oxygen atoms in total. The number of aromatic amines is 1. The summed E-state index contributed by atoms with van der Waals surface area (Å²) in [6, 6.07) is 1.98. The number of aryl methyl sites for hydroxylation is 1. The SMILES string of the molecule is CCO[P+](=O)CCC1OC(n2cc(C)c(=O)[nH]c2=O)C(F)C1OP(OCCC#N)C(C)C. The number of nitriles is 1. The first-order valence-electron chi connectivity index (χ1n) is 10.3. The minimum absolute atomic E-state index is 0.0892. The number of nitrogens with one attached hydrogen (secondary N) is 1. The predicted octanol–water partition coefficient (Wildman–Crippen LogP) is 3.29. The van der Waals surface area contributed by atoms with Gasteiger partial charge in [0, 0.05) is 23.8 Å². The van der Waals surface area contributed by atoms with Crippen LogP contribution in [0, 0.1) is 18.3 Å². The van der Waals surface area contributed by atoms with Gasteiger partial charge in [-0.1, -0.05) is 13.8 Å². The van der Waals surface area contributed by atoms with Gasteiger partial charge in [0.05, 0.1) is 31.8 Å². The predicted molar refractivity (Wildman–Crippen MR) is 117 cm³/mol. The molecule has 0 spiro atoms. The van der Waals surface area contributed by atoms with Crippen LogP contribution in [0.4, 0.5) is 4.39 Å². The normalized spacial score (nSPS) is 24.5. The lowest BCUT2D eigenvalue weighted by atomic mass is 10.1. The molecule has 6 unspecified atom stereocenters. The van der Waals surface area contributed by atoms with E-state index in [1.165, 1.54) is 13.1 Å². The van der Waals surface area contributed by atoms with Crippen LogP contribution in [0.25, 0.3) is 0 Å². The standard InChI is InChI=1S/C19H28FN3O7P2/c1-5-27-31(26)10-7-14-16(30-32(12(2)3)28-9-6-8-21)15(20)18(29-14)23-11-13(4)17(24)22-19(23)25/h11-12,14-16,18H,5-7,9-10H2,1-4H3/p+1. The van der Waals surface area contributed by atoms with Crippen molar-refractivity contribution in [3.63, 3.8) is 0 Å². The van der Waals surface area contributed by atoms with Crippen LogP contribution in [0.15, 0.2) is 15.8 Å². The summed E-state index contributed by atoms with van der Waals surface area (Å²) in [6.45, 7) is 7.36. The maximum absolute atomic E-state index is 15.6. The molecule has 13 heteroatoms. The molecular weight excluding hydrogens is 463 g/mol. The van der Waals surface area contributed by atoms with E-state index in [4.69, 9.17) is 23.6 Å². The number of aromatic nitrogens is 2. The zero-order valence-electron chi connectivity index (χ0n) is 18.5. The Bertz CT molecular complexity index is 933. The molecule has 6 atom stereocenters. The van der Waals surface area contributed by atoms with E-state index in [-0.39, 0.29) is 43.4 Å². The molecule has 0 bridgehead atoms. The van der Waals surface area contributed by atoms with E-state index in [1.54, 1.807) is 6.92 Å². The van der Waals surface area contributed by atoms with Crippen LogP contribution in [0.2, 0.25) is 0 Å². The lowest BCUT2D eigenvalue weighted by Crippen LogP contribution is -2.37. The Balaban J connectivity index is 2.28. The molecule has 1 fully saturated rings. The van der Waals surface area contributed by atoms with Gasteiger partial charge in [-0.05, 0) is 18.4 Å². The maximum atomic E-state index is 15.6. The van der Waals surface area contributed by atoms with Crippen LogP contribution in [0.1, 0.15) is 45.4 Å². The van der Waals surface area contributed by atoms with Crippen molar-refractivity contribution >= 4 is 16.4 Å². The second kappa shape index (κ2) is 12.6. The van der Waals surface area contributed by atoms with Gasteiger partial charge in [0.2, 0.25) is 0 Å².